The standard InChI is InChI=1S/C25H34N4O3/c26-21(10-8-19-6-2-1-3-7-19)17-29(27)22(18-28-12-4-5-13-28)25(30)20-9-11-23-24(16-20)32-15-14-31-23/h1-3,6-7,9,11,16-17,22,25,30H,4-5,8,10,12-15,18,26-27H2/b21-17-/t22-,25-/m1/s1. The molecular weight excluding hydrogens is 404 g/mol. The molecule has 2 atom stereocenters. The number of nitrogens with two attached hydrogens (primary N) is 2. The molecule has 0 saturated carbocycles. The van der Waals surface area contributed by atoms with Crippen molar-refractivity contribution in [3.8, 4) is 11.5 Å². The van der Waals surface area contributed by atoms with Crippen molar-refractivity contribution in [3.63, 3.8) is 0 Å². The molecule has 0 unspecified atom stereocenters. The zero-order valence-corrected chi connectivity index (χ0v) is 18.5. The maximum Gasteiger partial charge on any atom is 0.161 e. The van der Waals surface area contributed by atoms with Crippen LogP contribution in [0.1, 0.15) is 36.5 Å². The van der Waals surface area contributed by atoms with E-state index < -0.39 is 6.10 Å². The molecule has 7 heteroatoms. The average molecular weight is 439 g/mol. The van der Waals surface area contributed by atoms with E-state index in [1.807, 2.05) is 36.4 Å². The van der Waals surface area contributed by atoms with Crippen LogP contribution in [0.15, 0.2) is 60.4 Å². The second-order valence-corrected chi connectivity index (χ2v) is 8.56. The highest BCUT2D eigenvalue weighted by molar-refractivity contribution is 5.44. The number of aliphatic hydroxyl groups is 1. The van der Waals surface area contributed by atoms with Crippen LogP contribution >= 0.6 is 0 Å². The Labute approximate surface area is 190 Å². The summed E-state index contributed by atoms with van der Waals surface area (Å²) in [6.45, 7) is 3.74. The molecule has 2 heterocycles. The molecule has 32 heavy (non-hydrogen) atoms. The van der Waals surface area contributed by atoms with E-state index in [1.165, 1.54) is 18.4 Å². The van der Waals surface area contributed by atoms with Gasteiger partial charge in [-0.15, -0.1) is 0 Å². The minimum absolute atomic E-state index is 0.342. The SMILES string of the molecule is N/C(=C\N(N)[C@H](CN1CCCC1)[C@H](O)c1ccc2c(c1)OCCO2)CCc1ccccc1. The van der Waals surface area contributed by atoms with Gasteiger partial charge in [0, 0.05) is 18.4 Å². The lowest BCUT2D eigenvalue weighted by Gasteiger charge is -2.34. The number of ether oxygens (including phenoxy) is 2. The van der Waals surface area contributed by atoms with E-state index in [1.54, 1.807) is 11.2 Å². The Morgan fingerprint density at radius 2 is 1.78 bits per heavy atom. The van der Waals surface area contributed by atoms with E-state index in [9.17, 15) is 5.11 Å². The number of fused-ring (bicyclic) bond motifs is 1. The second kappa shape index (κ2) is 10.7. The molecular formula is C25H34N4O3. The third-order valence-electron chi connectivity index (χ3n) is 6.16. The van der Waals surface area contributed by atoms with Gasteiger partial charge in [-0.05, 0) is 62.0 Å². The predicted molar refractivity (Wildman–Crippen MR) is 125 cm³/mol. The molecule has 2 aliphatic heterocycles. The number of likely N-dealkylation sites (tertiary alicyclic amines) is 1. The Kier molecular flexibility index (Phi) is 7.52. The smallest absolute Gasteiger partial charge is 0.161 e. The molecule has 0 spiro atoms. The summed E-state index contributed by atoms with van der Waals surface area (Å²) in [5, 5.41) is 12.9. The van der Waals surface area contributed by atoms with Crippen LogP contribution in [-0.2, 0) is 6.42 Å². The summed E-state index contributed by atoms with van der Waals surface area (Å²) >= 11 is 0. The lowest BCUT2D eigenvalue weighted by Crippen LogP contribution is -2.48. The Hall–Kier alpha value is -2.74. The highest BCUT2D eigenvalue weighted by Gasteiger charge is 2.29. The molecule has 7 nitrogen and oxygen atoms in total. The molecule has 2 aliphatic rings. The third kappa shape index (κ3) is 5.73. The summed E-state index contributed by atoms with van der Waals surface area (Å²) in [6, 6.07) is 15.5. The summed E-state index contributed by atoms with van der Waals surface area (Å²) in [5.74, 6) is 7.84. The minimum atomic E-state index is -0.797. The van der Waals surface area contributed by atoms with Crippen LogP contribution < -0.4 is 21.1 Å². The van der Waals surface area contributed by atoms with Crippen molar-refractivity contribution < 1.29 is 14.6 Å². The molecule has 1 saturated heterocycles. The summed E-state index contributed by atoms with van der Waals surface area (Å²) in [6.07, 6.45) is 4.87. The van der Waals surface area contributed by atoms with Crippen molar-refractivity contribution in [2.24, 2.45) is 11.6 Å². The third-order valence-corrected chi connectivity index (χ3v) is 6.16. The van der Waals surface area contributed by atoms with Crippen molar-refractivity contribution >= 4 is 0 Å². The van der Waals surface area contributed by atoms with Crippen molar-refractivity contribution in [2.45, 2.75) is 37.8 Å². The summed E-state index contributed by atoms with van der Waals surface area (Å²) in [4.78, 5) is 2.35. The molecule has 0 aliphatic carbocycles. The van der Waals surface area contributed by atoms with E-state index in [2.05, 4.69) is 17.0 Å². The predicted octanol–water partition coefficient (Wildman–Crippen LogP) is 2.56. The first-order valence-corrected chi connectivity index (χ1v) is 11.4. The maximum atomic E-state index is 11.3. The van der Waals surface area contributed by atoms with Crippen molar-refractivity contribution in [3.05, 3.63) is 71.6 Å². The molecule has 2 aromatic rings. The number of aryl methyl sites for hydroxylation is 1. The normalized spacial score (nSPS) is 18.4. The summed E-state index contributed by atoms with van der Waals surface area (Å²) in [5.41, 5.74) is 8.99. The number of aliphatic hydroxyl groups excluding tert-OH is 1. The fraction of sp³-hybridized carbons (Fsp3) is 0.440. The lowest BCUT2D eigenvalue weighted by molar-refractivity contribution is 0.0519. The molecule has 0 amide bonds. The van der Waals surface area contributed by atoms with Crippen LogP contribution in [0.4, 0.5) is 0 Å². The van der Waals surface area contributed by atoms with Gasteiger partial charge in [0.05, 0.1) is 6.04 Å². The van der Waals surface area contributed by atoms with Gasteiger partial charge in [-0.1, -0.05) is 36.4 Å². The molecule has 0 radical (unpaired) electrons. The number of hydrazine groups is 1. The summed E-state index contributed by atoms with van der Waals surface area (Å²) < 4.78 is 11.3. The number of nitrogens with zero attached hydrogens (tertiary/aromatic N) is 2. The van der Waals surface area contributed by atoms with Crippen LogP contribution in [0.25, 0.3) is 0 Å². The van der Waals surface area contributed by atoms with Gasteiger partial charge in [0.15, 0.2) is 11.5 Å². The zero-order chi connectivity index (χ0) is 22.3. The van der Waals surface area contributed by atoms with Gasteiger partial charge in [0.25, 0.3) is 0 Å². The topological polar surface area (TPSA) is 97.2 Å². The van der Waals surface area contributed by atoms with Crippen LogP contribution in [0.2, 0.25) is 0 Å². The fourth-order valence-electron chi connectivity index (χ4n) is 4.34. The molecule has 2 aromatic carbocycles. The molecule has 172 valence electrons. The van der Waals surface area contributed by atoms with E-state index in [0.29, 0.717) is 43.4 Å². The first kappa shape index (κ1) is 22.5. The van der Waals surface area contributed by atoms with Gasteiger partial charge in [-0.3, -0.25) is 0 Å². The van der Waals surface area contributed by atoms with Gasteiger partial charge in [0.1, 0.15) is 19.3 Å². The Balaban J connectivity index is 1.48. The van der Waals surface area contributed by atoms with Crippen LogP contribution in [0.5, 0.6) is 11.5 Å². The number of benzene rings is 2. The molecule has 5 N–H and O–H groups in total. The van der Waals surface area contributed by atoms with Crippen molar-refractivity contribution in [1.82, 2.24) is 9.91 Å². The first-order chi connectivity index (χ1) is 15.6. The van der Waals surface area contributed by atoms with E-state index in [-0.39, 0.29) is 6.04 Å². The van der Waals surface area contributed by atoms with Crippen LogP contribution in [0.3, 0.4) is 0 Å². The largest absolute Gasteiger partial charge is 0.486 e. The Morgan fingerprint density at radius 3 is 2.53 bits per heavy atom. The van der Waals surface area contributed by atoms with Crippen LogP contribution in [0, 0.1) is 0 Å². The first-order valence-electron chi connectivity index (χ1n) is 11.4. The Morgan fingerprint density at radius 1 is 1.06 bits per heavy atom. The van der Waals surface area contributed by atoms with Gasteiger partial charge < -0.3 is 30.2 Å². The molecule has 1 fully saturated rings. The maximum absolute atomic E-state index is 11.3. The average Bonchev–Trinajstić information content (AvgIpc) is 3.34. The van der Waals surface area contributed by atoms with Gasteiger partial charge >= 0.3 is 0 Å². The van der Waals surface area contributed by atoms with E-state index >= 15 is 0 Å². The van der Waals surface area contributed by atoms with Gasteiger partial charge in [-0.2, -0.15) is 0 Å². The second-order valence-electron chi connectivity index (χ2n) is 8.56. The van der Waals surface area contributed by atoms with Crippen molar-refractivity contribution in [1.29, 1.82) is 0 Å². The van der Waals surface area contributed by atoms with Crippen LogP contribution in [-0.4, -0.2) is 53.9 Å². The fourth-order valence-corrected chi connectivity index (χ4v) is 4.34. The monoisotopic (exact) mass is 438 g/mol. The highest BCUT2D eigenvalue weighted by atomic mass is 16.6. The number of allylic oxidation sites excluding steroid dienone is 1. The van der Waals surface area contributed by atoms with E-state index in [4.69, 9.17) is 21.1 Å². The van der Waals surface area contributed by atoms with Crippen molar-refractivity contribution in [2.75, 3.05) is 32.8 Å². The van der Waals surface area contributed by atoms with E-state index in [0.717, 1.165) is 25.1 Å². The lowest BCUT2D eigenvalue weighted by atomic mass is 10.0. The number of hydrogen-bond donors (Lipinski definition) is 3. The Bertz CT molecular complexity index is 899. The highest BCUT2D eigenvalue weighted by Crippen LogP contribution is 2.34. The minimum Gasteiger partial charge on any atom is -0.486 e. The molecule has 0 bridgehead atoms. The molecule has 4 rings (SSSR count). The molecule has 0 aromatic heterocycles. The zero-order valence-electron chi connectivity index (χ0n) is 18.5. The quantitative estimate of drug-likeness (QED) is 0.409. The summed E-state index contributed by atoms with van der Waals surface area (Å²) in [7, 11) is 0. The number of hydrogen-bond acceptors (Lipinski definition) is 7. The number of rotatable bonds is 9. The van der Waals surface area contributed by atoms with Gasteiger partial charge in [-0.25, -0.2) is 5.84 Å². The van der Waals surface area contributed by atoms with Gasteiger partial charge in [0.2, 0.25) is 0 Å².